The lowest BCUT2D eigenvalue weighted by atomic mass is 9.98. The van der Waals surface area contributed by atoms with Gasteiger partial charge < -0.3 is 23.8 Å². The standard InChI is InChI=1S/C23H25N5O.C22H24N6O.C22H23N5O/c1-26-15-22-20(14-27(2)25-22)17-11-19-18(6-7-21(19)24-12-17)16-8-10-28(13-16)9-4-3-5-23(26)29;1-14-18-12-28(24-14)8-4-5-22(29)26(2)13-21-19(11-27(3)25-21)15-9-17-16(18)6-7-20(17)23-10-15;1-25-14-21-19(13-26(2)24-21)16-10-18-17(5-6-20(18)23-11-16)15-7-9-27(12-15)8-3-4-22(25)28/h6,8,10-14H,3-5,7,9,15H2,1-2H3;6,9-12H,4-5,7-8,13H2,1-3H3;5,7,9-13H,3-4,6,8,14H2,1-2H3. The summed E-state index contributed by atoms with van der Waals surface area (Å²) in [7, 11) is 11.3. The molecular weight excluding hydrogens is 1080 g/mol. The molecule has 3 aliphatic heterocycles. The lowest BCUT2D eigenvalue weighted by Gasteiger charge is -2.17. The van der Waals surface area contributed by atoms with Gasteiger partial charge in [-0.3, -0.25) is 48.1 Å². The number of carbonyl (C=O) groups is 3. The highest BCUT2D eigenvalue weighted by molar-refractivity contribution is 5.89. The number of hydrogen-bond donors (Lipinski definition) is 0. The maximum atomic E-state index is 12.6. The van der Waals surface area contributed by atoms with Gasteiger partial charge in [0.1, 0.15) is 0 Å². The highest BCUT2D eigenvalue weighted by atomic mass is 16.2. The largest absolute Gasteiger partial charge is 0.354 e. The topological polar surface area (TPSA) is 181 Å². The Morgan fingerprint density at radius 3 is 1.23 bits per heavy atom. The number of allylic oxidation sites excluding steroid dienone is 3. The minimum Gasteiger partial charge on any atom is -0.354 e. The summed E-state index contributed by atoms with van der Waals surface area (Å²) in [5, 5.41) is 18.6. The van der Waals surface area contributed by atoms with Crippen molar-refractivity contribution in [1.29, 1.82) is 0 Å². The Morgan fingerprint density at radius 1 is 0.384 bits per heavy atom. The van der Waals surface area contributed by atoms with E-state index in [1.165, 1.54) is 44.5 Å². The van der Waals surface area contributed by atoms with Crippen LogP contribution in [0, 0.1) is 6.92 Å². The van der Waals surface area contributed by atoms with E-state index in [0.29, 0.717) is 38.9 Å². The van der Waals surface area contributed by atoms with E-state index in [-0.39, 0.29) is 17.7 Å². The van der Waals surface area contributed by atoms with Crippen molar-refractivity contribution in [3.05, 3.63) is 190 Å². The summed E-state index contributed by atoms with van der Waals surface area (Å²) in [5.74, 6) is 0.436. The molecule has 6 aliphatic rings. The molecule has 12 heterocycles. The van der Waals surface area contributed by atoms with Gasteiger partial charge in [-0.05, 0) is 90.8 Å². The first kappa shape index (κ1) is 55.7. The second-order valence-corrected chi connectivity index (χ2v) is 23.7. The van der Waals surface area contributed by atoms with Gasteiger partial charge in [-0.25, -0.2) is 0 Å². The first-order valence-corrected chi connectivity index (χ1v) is 29.9. The van der Waals surface area contributed by atoms with Crippen molar-refractivity contribution in [2.24, 2.45) is 21.1 Å². The third-order valence-electron chi connectivity index (χ3n) is 17.4. The summed E-state index contributed by atoms with van der Waals surface area (Å²) in [5.41, 5.74) is 24.1. The minimum absolute atomic E-state index is 0.122. The maximum absolute atomic E-state index is 12.6. The molecule has 3 aliphatic carbocycles. The van der Waals surface area contributed by atoms with Gasteiger partial charge in [0.25, 0.3) is 0 Å². The van der Waals surface area contributed by atoms with Gasteiger partial charge >= 0.3 is 0 Å². The fraction of sp³-hybridized carbons (Fsp3) is 0.343. The van der Waals surface area contributed by atoms with E-state index in [0.717, 1.165) is 143 Å². The highest BCUT2D eigenvalue weighted by Gasteiger charge is 2.27. The maximum Gasteiger partial charge on any atom is 0.222 e. The molecule has 0 fully saturated rings. The predicted molar refractivity (Wildman–Crippen MR) is 329 cm³/mol. The normalized spacial score (nSPS) is 16.5. The van der Waals surface area contributed by atoms with Gasteiger partial charge in [0.15, 0.2) is 0 Å². The molecule has 3 amide bonds. The molecule has 438 valence electrons. The van der Waals surface area contributed by atoms with Crippen LogP contribution in [0.15, 0.2) is 117 Å². The number of pyridine rings is 3. The molecule has 9 aromatic heterocycles. The van der Waals surface area contributed by atoms with Crippen molar-refractivity contribution in [3.8, 4) is 33.4 Å². The lowest BCUT2D eigenvalue weighted by molar-refractivity contribution is -0.131. The SMILES string of the molecule is CN1Cc2nn(C)cc2-c2cnc3c(c2)C(=CC3)c2ccn(c2)CCCC1=O.CN1Cc2nn(C)cc2-c2cnc3c(c2)C(=CC3)c2ccn(c2)CCCCC1=O.Cc1nn2cc1C1=CCc3ncc(cc31)-c1cn(C)nc1CN(C)C(=O)CCC2. The summed E-state index contributed by atoms with van der Waals surface area (Å²) < 4.78 is 11.8. The Balaban J connectivity index is 0.000000120. The van der Waals surface area contributed by atoms with Gasteiger partial charge in [-0.1, -0.05) is 18.2 Å². The Labute approximate surface area is 500 Å². The molecule has 0 unspecified atom stereocenters. The smallest absolute Gasteiger partial charge is 0.222 e. The zero-order valence-corrected chi connectivity index (χ0v) is 50.2. The number of amides is 3. The van der Waals surface area contributed by atoms with Crippen molar-refractivity contribution >= 4 is 34.4 Å². The van der Waals surface area contributed by atoms with E-state index in [1.807, 2.05) is 105 Å². The molecular formula is C67H72N16O3. The number of fused-ring (bicyclic) bond motifs is 18. The summed E-state index contributed by atoms with van der Waals surface area (Å²) in [6.45, 7) is 6.04. The number of carbonyl (C=O) groups excluding carboxylic acids is 3. The zero-order valence-electron chi connectivity index (χ0n) is 50.2. The number of aryl methyl sites for hydroxylation is 7. The average Bonchev–Trinajstić information content (AvgIpc) is 4.59. The molecule has 86 heavy (non-hydrogen) atoms. The molecule has 19 nitrogen and oxygen atoms in total. The van der Waals surface area contributed by atoms with Gasteiger partial charge in [-0.15, -0.1) is 0 Å². The fourth-order valence-electron chi connectivity index (χ4n) is 12.8. The molecule has 9 aromatic rings. The van der Waals surface area contributed by atoms with E-state index in [9.17, 15) is 14.4 Å². The van der Waals surface area contributed by atoms with Gasteiger partial charge in [-0.2, -0.15) is 20.4 Å². The van der Waals surface area contributed by atoms with Gasteiger partial charge in [0.05, 0.1) is 59.5 Å². The monoisotopic (exact) mass is 1150 g/mol. The van der Waals surface area contributed by atoms with Crippen molar-refractivity contribution in [2.45, 2.75) is 110 Å². The molecule has 0 aromatic carbocycles. The zero-order chi connectivity index (χ0) is 59.3. The van der Waals surface area contributed by atoms with Gasteiger partial charge in [0, 0.05) is 224 Å². The van der Waals surface area contributed by atoms with E-state index in [2.05, 4.69) is 109 Å². The van der Waals surface area contributed by atoms with Crippen molar-refractivity contribution < 1.29 is 14.4 Å². The molecule has 0 atom stereocenters. The van der Waals surface area contributed by atoms with Crippen LogP contribution in [0.4, 0.5) is 0 Å². The van der Waals surface area contributed by atoms with Crippen LogP contribution in [-0.2, 0) is 94.1 Å². The summed E-state index contributed by atoms with van der Waals surface area (Å²) in [4.78, 5) is 57.3. The van der Waals surface area contributed by atoms with Crippen molar-refractivity contribution in [3.63, 3.8) is 0 Å². The molecule has 0 saturated carbocycles. The van der Waals surface area contributed by atoms with Crippen LogP contribution in [0.1, 0.15) is 118 Å². The Hall–Kier alpha value is -9.52. The van der Waals surface area contributed by atoms with Crippen molar-refractivity contribution in [1.82, 2.24) is 77.9 Å². The van der Waals surface area contributed by atoms with Crippen LogP contribution in [0.2, 0.25) is 0 Å². The number of rotatable bonds is 0. The summed E-state index contributed by atoms with van der Waals surface area (Å²) in [6, 6.07) is 11.0. The molecule has 19 heteroatoms. The third kappa shape index (κ3) is 11.2. The van der Waals surface area contributed by atoms with Crippen LogP contribution < -0.4 is 0 Å². The second kappa shape index (κ2) is 23.2. The molecule has 15 rings (SSSR count). The van der Waals surface area contributed by atoms with Crippen LogP contribution in [-0.4, -0.2) is 117 Å². The first-order chi connectivity index (χ1) is 41.7. The average molecular weight is 1150 g/mol. The quantitative estimate of drug-likeness (QED) is 0.142. The third-order valence-corrected chi connectivity index (χ3v) is 17.4. The van der Waals surface area contributed by atoms with Crippen LogP contribution >= 0.6 is 0 Å². The van der Waals surface area contributed by atoms with E-state index < -0.39 is 0 Å². The van der Waals surface area contributed by atoms with Crippen molar-refractivity contribution in [2.75, 3.05) is 21.1 Å². The molecule has 0 spiro atoms. The number of nitrogens with zero attached hydrogens (tertiary/aromatic N) is 16. The van der Waals surface area contributed by atoms with Crippen LogP contribution in [0.5, 0.6) is 0 Å². The fourth-order valence-corrected chi connectivity index (χ4v) is 12.8. The Kier molecular flexibility index (Phi) is 15.0. The molecule has 0 saturated heterocycles. The van der Waals surface area contributed by atoms with E-state index in [4.69, 9.17) is 15.0 Å². The lowest BCUT2D eigenvalue weighted by Crippen LogP contribution is -2.26. The molecule has 0 radical (unpaired) electrons. The Morgan fingerprint density at radius 2 is 0.779 bits per heavy atom. The van der Waals surface area contributed by atoms with E-state index >= 15 is 0 Å². The predicted octanol–water partition coefficient (Wildman–Crippen LogP) is 9.16. The molecule has 12 bridgehead atoms. The van der Waals surface area contributed by atoms with Crippen LogP contribution in [0.25, 0.3) is 50.1 Å². The molecule has 0 N–H and O–H groups in total. The Bertz CT molecular complexity index is 4230. The van der Waals surface area contributed by atoms with E-state index in [1.54, 1.807) is 14.7 Å². The number of aromatic nitrogens is 13. The number of hydrogen-bond acceptors (Lipinski definition) is 10. The van der Waals surface area contributed by atoms with Gasteiger partial charge in [0.2, 0.25) is 17.7 Å². The minimum atomic E-state index is 0.122. The van der Waals surface area contributed by atoms with Crippen LogP contribution in [0.3, 0.4) is 0 Å². The highest BCUT2D eigenvalue weighted by Crippen LogP contribution is 2.39. The summed E-state index contributed by atoms with van der Waals surface area (Å²) in [6.07, 6.45) is 37.0. The second-order valence-electron chi connectivity index (χ2n) is 23.7. The summed E-state index contributed by atoms with van der Waals surface area (Å²) >= 11 is 0. The first-order valence-electron chi connectivity index (χ1n) is 29.9.